The van der Waals surface area contributed by atoms with Gasteiger partial charge in [-0.25, -0.2) is 4.79 Å². The number of rotatable bonds is 5. The smallest absolute Gasteiger partial charge is 0.419 e. The molecule has 1 atom stereocenters. The first kappa shape index (κ1) is 19.2. The minimum absolute atomic E-state index is 0. The summed E-state index contributed by atoms with van der Waals surface area (Å²) in [7, 11) is 0. The average Bonchev–Trinajstić information content (AvgIpc) is 2.84. The summed E-state index contributed by atoms with van der Waals surface area (Å²) in [5.74, 6) is -1.17. The van der Waals surface area contributed by atoms with Crippen LogP contribution in [0.4, 0.5) is 4.79 Å². The first-order chi connectivity index (χ1) is 11.2. The van der Waals surface area contributed by atoms with Crippen LogP contribution in [0.25, 0.3) is 10.9 Å². The number of para-hydroxylation sites is 1. The van der Waals surface area contributed by atoms with Gasteiger partial charge in [0.15, 0.2) is 0 Å². The van der Waals surface area contributed by atoms with E-state index in [1.54, 1.807) is 51.2 Å². The Kier molecular flexibility index (Phi) is 5.51. The van der Waals surface area contributed by atoms with Gasteiger partial charge in [-0.15, -0.1) is 0 Å². The minimum atomic E-state index is -1.17. The van der Waals surface area contributed by atoms with Gasteiger partial charge in [0, 0.05) is 18.0 Å². The Morgan fingerprint density at radius 3 is 2.52 bits per heavy atom. The minimum Gasteiger partial charge on any atom is -0.520 e. The Morgan fingerprint density at radius 2 is 1.96 bits per heavy atom. The maximum absolute atomic E-state index is 12.4. The molecule has 0 aliphatic heterocycles. The number of carbonyl (C=O) groups excluding carboxylic acids is 2. The second-order valence-electron chi connectivity index (χ2n) is 6.36. The molecule has 1 heterocycles. The Hall–Kier alpha value is -3.83. The maximum Gasteiger partial charge on any atom is 0.419 e. The van der Waals surface area contributed by atoms with Crippen molar-refractivity contribution in [3.63, 3.8) is 0 Å². The van der Waals surface area contributed by atoms with Crippen LogP contribution in [0.2, 0.25) is 0 Å². The summed E-state index contributed by atoms with van der Waals surface area (Å²) < 4.78 is 6.72. The SMILES string of the molecule is CC(C)(C)OC(=O)n1cc(CC(N[C-]=O)C(=O)O)c2ccccc21.[Fm]. The molecule has 0 radical (unpaired) electrons. The summed E-state index contributed by atoms with van der Waals surface area (Å²) in [5, 5.41) is 12.0. The quantitative estimate of drug-likeness (QED) is 0.412. The van der Waals surface area contributed by atoms with Gasteiger partial charge in [-0.1, -0.05) is 18.2 Å². The molecule has 0 saturated heterocycles. The summed E-state index contributed by atoms with van der Waals surface area (Å²) in [6, 6.07) is 5.98. The third kappa shape index (κ3) is 4.34. The summed E-state index contributed by atoms with van der Waals surface area (Å²) in [5.41, 5.74) is 0.577. The number of carboxylic acid groups (broad SMARTS) is 1. The second kappa shape index (κ2) is 7.16. The first-order valence-corrected chi connectivity index (χ1v) is 7.40. The molecule has 1 aromatic heterocycles. The molecule has 0 saturated carbocycles. The van der Waals surface area contributed by atoms with E-state index >= 15 is 0 Å². The normalized spacial score (nSPS) is 12.1. The molecule has 0 aliphatic rings. The Bertz CT molecular complexity index is 779. The van der Waals surface area contributed by atoms with Crippen LogP contribution in [0.5, 0.6) is 0 Å². The van der Waals surface area contributed by atoms with Crippen molar-refractivity contribution in [1.29, 1.82) is 0 Å². The van der Waals surface area contributed by atoms with Crippen molar-refractivity contribution in [3.8, 4) is 0 Å². The van der Waals surface area contributed by atoms with Crippen LogP contribution in [-0.2, 0) is 20.7 Å². The zero-order valence-electron chi connectivity index (χ0n) is 14.0. The molecule has 0 bridgehead atoms. The van der Waals surface area contributed by atoms with Crippen LogP contribution < -0.4 is 5.32 Å². The van der Waals surface area contributed by atoms with E-state index in [-0.39, 0.29) is 6.42 Å². The molecule has 2 aromatic rings. The Morgan fingerprint density at radius 1 is 1.32 bits per heavy atom. The topological polar surface area (TPSA) is 97.6 Å². The second-order valence-corrected chi connectivity index (χ2v) is 6.36. The third-order valence-corrected chi connectivity index (χ3v) is 3.34. The van der Waals surface area contributed by atoms with Gasteiger partial charge in [0.1, 0.15) is 11.6 Å². The van der Waals surface area contributed by atoms with Crippen molar-refractivity contribution >= 4 is 29.4 Å². The zero-order valence-corrected chi connectivity index (χ0v) is 16.4. The summed E-state index contributed by atoms with van der Waals surface area (Å²) in [4.78, 5) is 34.1. The van der Waals surface area contributed by atoms with Crippen LogP contribution >= 0.6 is 0 Å². The molecule has 1 aromatic carbocycles. The molecule has 1 unspecified atom stereocenters. The van der Waals surface area contributed by atoms with E-state index in [0.29, 0.717) is 11.1 Å². The number of aromatic nitrogens is 1. The molecule has 25 heavy (non-hydrogen) atoms. The number of fused-ring (bicyclic) bond motifs is 1. The third-order valence-electron chi connectivity index (χ3n) is 3.34. The predicted molar refractivity (Wildman–Crippen MR) is 87.5 cm³/mol. The molecule has 8 heteroatoms. The molecule has 0 fully saturated rings. The zero-order chi connectivity index (χ0) is 17.9. The Labute approximate surface area is 139 Å². The van der Waals surface area contributed by atoms with Gasteiger partial charge in [0.2, 0.25) is 0 Å². The largest absolute Gasteiger partial charge is 0.520 e. The van der Waals surface area contributed by atoms with E-state index in [4.69, 9.17) is 9.84 Å². The van der Waals surface area contributed by atoms with Crippen molar-refractivity contribution in [3.05, 3.63) is 36.0 Å². The molecule has 7 nitrogen and oxygen atoms in total. The van der Waals surface area contributed by atoms with Crippen molar-refractivity contribution in [2.75, 3.05) is 0 Å². The van der Waals surface area contributed by atoms with Crippen LogP contribution in [0, 0.1) is 0 Å². The van der Waals surface area contributed by atoms with E-state index in [9.17, 15) is 14.4 Å². The van der Waals surface area contributed by atoms with Gasteiger partial charge >= 0.3 is 12.1 Å². The van der Waals surface area contributed by atoms with E-state index in [1.807, 2.05) is 0 Å². The molecular weight excluding hydrogens is 569 g/mol. The van der Waals surface area contributed by atoms with Gasteiger partial charge in [0.05, 0.1) is 5.52 Å². The number of nitrogens with zero attached hydrogens (tertiary/aromatic N) is 1. The van der Waals surface area contributed by atoms with Crippen LogP contribution in [-0.4, -0.2) is 39.8 Å². The maximum atomic E-state index is 12.4. The molecule has 2 rings (SSSR count). The van der Waals surface area contributed by atoms with Crippen LogP contribution in [0.1, 0.15) is 26.3 Å². The van der Waals surface area contributed by atoms with Crippen molar-refractivity contribution in [1.82, 2.24) is 9.88 Å². The molecular formula is C17H19FmN2O5-. The van der Waals surface area contributed by atoms with Gasteiger partial charge in [0.25, 0.3) is 0 Å². The van der Waals surface area contributed by atoms with Crippen molar-refractivity contribution < 1.29 is 24.2 Å². The van der Waals surface area contributed by atoms with Crippen molar-refractivity contribution in [2.24, 2.45) is 0 Å². The number of carboxylic acids is 1. The van der Waals surface area contributed by atoms with Gasteiger partial charge in [-0.2, -0.15) is 6.41 Å². The number of amides is 1. The number of hydrogen-bond acceptors (Lipinski definition) is 4. The van der Waals surface area contributed by atoms with Gasteiger partial charge < -0.3 is 20.0 Å². The standard InChI is InChI=1S/C17H19N2O5.Fm/c1-17(2,3)24-16(23)19-9-11(8-13(15(21)22)18-10-20)12-6-4-5-7-14(12)19;/h4-7,9,13H,8H2,1-3H3,(H,18,20)(H,21,22);/q-1;. The number of benzene rings is 1. The average molecular weight is 588 g/mol. The summed E-state index contributed by atoms with van der Waals surface area (Å²) in [6.07, 6.45) is 2.42. The first-order valence-electron chi connectivity index (χ1n) is 7.40. The van der Waals surface area contributed by atoms with E-state index in [0.717, 1.165) is 5.39 Å². The fourth-order valence-electron chi connectivity index (χ4n) is 2.37. The van der Waals surface area contributed by atoms with Crippen LogP contribution in [0.3, 0.4) is 0 Å². The fraction of sp³-hybridized carbons (Fsp3) is 0.353. The molecule has 1 amide bonds. The van der Waals surface area contributed by atoms with Gasteiger partial charge in [-0.3, -0.25) is 9.36 Å². The Balaban J connectivity index is 0.00000312. The van der Waals surface area contributed by atoms with Crippen molar-refractivity contribution in [2.45, 2.75) is 38.8 Å². The molecule has 0 aliphatic carbocycles. The number of hydrogen-bond donors (Lipinski definition) is 2. The van der Waals surface area contributed by atoms with E-state index in [1.165, 1.54) is 11.0 Å². The number of carbonyl (C=O) groups is 2. The molecule has 140 valence electrons. The van der Waals surface area contributed by atoms with E-state index in [2.05, 4.69) is 5.32 Å². The number of aliphatic carboxylic acids is 1. The van der Waals surface area contributed by atoms with Crippen LogP contribution in [0.15, 0.2) is 30.5 Å². The summed E-state index contributed by atoms with van der Waals surface area (Å²) in [6.45, 7) is 5.30. The van der Waals surface area contributed by atoms with E-state index < -0.39 is 23.7 Å². The fourth-order valence-corrected chi connectivity index (χ4v) is 2.37. The molecule has 2 N–H and O–H groups in total. The number of nitrogens with one attached hydrogen (secondary N) is 1. The predicted octanol–water partition coefficient (Wildman–Crippen LogP) is 2.08. The number of ether oxygens (including phenoxy) is 1. The van der Waals surface area contributed by atoms with Gasteiger partial charge in [-0.05, 0) is 32.4 Å². The molecule has 0 spiro atoms. The summed E-state index contributed by atoms with van der Waals surface area (Å²) >= 11 is 0. The monoisotopic (exact) mass is 588 g/mol.